The molecule has 0 aliphatic carbocycles. The Hall–Kier alpha value is -2.57. The van der Waals surface area contributed by atoms with Gasteiger partial charge in [-0.1, -0.05) is 0 Å². The number of nitro benzene ring substituents is 1. The van der Waals surface area contributed by atoms with Crippen LogP contribution < -0.4 is 0 Å². The number of ether oxygens (including phenoxy) is 1. The molecule has 0 aromatic heterocycles. The maximum atomic E-state index is 12.9. The topological polar surface area (TPSA) is 86.5 Å². The van der Waals surface area contributed by atoms with Gasteiger partial charge in [-0.25, -0.2) is 9.18 Å². The van der Waals surface area contributed by atoms with Crippen LogP contribution in [-0.4, -0.2) is 23.3 Å². The lowest BCUT2D eigenvalue weighted by molar-refractivity contribution is -0.385. The average molecular weight is 295 g/mol. The van der Waals surface area contributed by atoms with Crippen LogP contribution >= 0.6 is 0 Å². The summed E-state index contributed by atoms with van der Waals surface area (Å²) in [4.78, 5) is 32.1. The van der Waals surface area contributed by atoms with E-state index in [9.17, 15) is 24.1 Å². The molecule has 1 aromatic carbocycles. The Morgan fingerprint density at radius 2 is 2.14 bits per heavy atom. The van der Waals surface area contributed by atoms with E-state index in [4.69, 9.17) is 4.74 Å². The SMILES string of the molecule is CC(=O)CCCOC(=O)C=Cc1ccc(F)cc1[N+](=O)[O-]. The van der Waals surface area contributed by atoms with E-state index in [0.717, 1.165) is 18.2 Å². The molecule has 1 aromatic rings. The highest BCUT2D eigenvalue weighted by Gasteiger charge is 2.12. The second kappa shape index (κ2) is 7.88. The first-order chi connectivity index (χ1) is 9.90. The second-order valence-electron chi connectivity index (χ2n) is 4.27. The largest absolute Gasteiger partial charge is 0.463 e. The van der Waals surface area contributed by atoms with Crippen molar-refractivity contribution in [1.82, 2.24) is 0 Å². The summed E-state index contributed by atoms with van der Waals surface area (Å²) in [5.74, 6) is -1.41. The molecule has 0 bridgehead atoms. The molecule has 0 atom stereocenters. The van der Waals surface area contributed by atoms with Crippen molar-refractivity contribution >= 4 is 23.5 Å². The first-order valence-electron chi connectivity index (χ1n) is 6.18. The summed E-state index contributed by atoms with van der Waals surface area (Å²) in [5, 5.41) is 10.8. The molecule has 0 amide bonds. The number of Topliss-reactive ketones (excluding diaryl/α,β-unsaturated/α-hetero) is 1. The van der Waals surface area contributed by atoms with Crippen molar-refractivity contribution in [3.05, 3.63) is 45.8 Å². The minimum Gasteiger partial charge on any atom is -0.463 e. The van der Waals surface area contributed by atoms with Crippen LogP contribution in [-0.2, 0) is 14.3 Å². The molecular formula is C14H14FNO5. The molecule has 0 radical (unpaired) electrons. The van der Waals surface area contributed by atoms with Crippen molar-refractivity contribution in [2.24, 2.45) is 0 Å². The fraction of sp³-hybridized carbons (Fsp3) is 0.286. The summed E-state index contributed by atoms with van der Waals surface area (Å²) in [7, 11) is 0. The third-order valence-electron chi connectivity index (χ3n) is 2.51. The van der Waals surface area contributed by atoms with Gasteiger partial charge in [0.2, 0.25) is 0 Å². The number of carbonyl (C=O) groups excluding carboxylic acids is 2. The van der Waals surface area contributed by atoms with Gasteiger partial charge < -0.3 is 9.53 Å². The molecule has 1 rings (SSSR count). The summed E-state index contributed by atoms with van der Waals surface area (Å²) in [6.07, 6.45) is 2.95. The first-order valence-corrected chi connectivity index (χ1v) is 6.18. The molecule has 21 heavy (non-hydrogen) atoms. The second-order valence-corrected chi connectivity index (χ2v) is 4.27. The van der Waals surface area contributed by atoms with Crippen LogP contribution in [0, 0.1) is 15.9 Å². The highest BCUT2D eigenvalue weighted by atomic mass is 19.1. The van der Waals surface area contributed by atoms with Crippen molar-refractivity contribution < 1.29 is 23.6 Å². The third-order valence-corrected chi connectivity index (χ3v) is 2.51. The monoisotopic (exact) mass is 295 g/mol. The zero-order chi connectivity index (χ0) is 15.8. The molecule has 0 unspecified atom stereocenters. The molecule has 0 saturated carbocycles. The van der Waals surface area contributed by atoms with Gasteiger partial charge in [0, 0.05) is 12.5 Å². The van der Waals surface area contributed by atoms with Gasteiger partial charge in [0.25, 0.3) is 5.69 Å². The number of hydrogen-bond donors (Lipinski definition) is 0. The summed E-state index contributed by atoms with van der Waals surface area (Å²) in [6, 6.07) is 3.04. The summed E-state index contributed by atoms with van der Waals surface area (Å²) in [6.45, 7) is 1.53. The van der Waals surface area contributed by atoms with Crippen LogP contribution in [0.5, 0.6) is 0 Å². The van der Waals surface area contributed by atoms with Crippen LogP contribution in [0.4, 0.5) is 10.1 Å². The Morgan fingerprint density at radius 1 is 1.43 bits per heavy atom. The minimum atomic E-state index is -0.735. The van der Waals surface area contributed by atoms with Crippen molar-refractivity contribution in [3.8, 4) is 0 Å². The van der Waals surface area contributed by atoms with E-state index < -0.39 is 22.4 Å². The molecule has 112 valence electrons. The lowest BCUT2D eigenvalue weighted by Crippen LogP contribution is -2.04. The highest BCUT2D eigenvalue weighted by molar-refractivity contribution is 5.87. The van der Waals surface area contributed by atoms with Crippen molar-refractivity contribution in [2.75, 3.05) is 6.61 Å². The molecule has 0 aliphatic rings. The molecule has 0 heterocycles. The van der Waals surface area contributed by atoms with E-state index in [2.05, 4.69) is 0 Å². The van der Waals surface area contributed by atoms with E-state index in [1.807, 2.05) is 0 Å². The van der Waals surface area contributed by atoms with Gasteiger partial charge in [-0.2, -0.15) is 0 Å². The van der Waals surface area contributed by atoms with Crippen molar-refractivity contribution in [1.29, 1.82) is 0 Å². The van der Waals surface area contributed by atoms with E-state index in [1.54, 1.807) is 0 Å². The molecule has 0 fully saturated rings. The molecular weight excluding hydrogens is 281 g/mol. The minimum absolute atomic E-state index is 0.00327. The number of hydrogen-bond acceptors (Lipinski definition) is 5. The summed E-state index contributed by atoms with van der Waals surface area (Å²) >= 11 is 0. The Morgan fingerprint density at radius 3 is 2.76 bits per heavy atom. The number of carbonyl (C=O) groups is 2. The maximum absolute atomic E-state index is 12.9. The van der Waals surface area contributed by atoms with E-state index in [0.29, 0.717) is 12.8 Å². The smallest absolute Gasteiger partial charge is 0.330 e. The number of ketones is 1. The van der Waals surface area contributed by atoms with E-state index >= 15 is 0 Å². The van der Waals surface area contributed by atoms with Crippen LogP contribution in [0.2, 0.25) is 0 Å². The Bertz CT molecular complexity index is 583. The number of nitrogens with zero attached hydrogens (tertiary/aromatic N) is 1. The van der Waals surface area contributed by atoms with Crippen LogP contribution in [0.1, 0.15) is 25.3 Å². The van der Waals surface area contributed by atoms with Crippen LogP contribution in [0.15, 0.2) is 24.3 Å². The van der Waals surface area contributed by atoms with Gasteiger partial charge in [0.1, 0.15) is 11.6 Å². The zero-order valence-corrected chi connectivity index (χ0v) is 11.4. The number of nitro groups is 1. The molecule has 7 heteroatoms. The first kappa shape index (κ1) is 16.5. The fourth-order valence-corrected chi connectivity index (χ4v) is 1.52. The normalized spacial score (nSPS) is 10.6. The standard InChI is InChI=1S/C14H14FNO5/c1-10(17)3-2-8-21-14(18)7-5-11-4-6-12(15)9-13(11)16(19)20/h4-7,9H,2-3,8H2,1H3. The van der Waals surface area contributed by atoms with E-state index in [1.165, 1.54) is 19.1 Å². The predicted octanol–water partition coefficient (Wildman–Crippen LogP) is 2.66. The highest BCUT2D eigenvalue weighted by Crippen LogP contribution is 2.21. The summed E-state index contributed by atoms with van der Waals surface area (Å²) < 4.78 is 17.7. The third kappa shape index (κ3) is 5.94. The molecule has 6 nitrogen and oxygen atoms in total. The Kier molecular flexibility index (Phi) is 6.19. The van der Waals surface area contributed by atoms with Gasteiger partial charge in [0.05, 0.1) is 23.2 Å². The van der Waals surface area contributed by atoms with Gasteiger partial charge >= 0.3 is 5.97 Å². The maximum Gasteiger partial charge on any atom is 0.330 e. The van der Waals surface area contributed by atoms with E-state index in [-0.39, 0.29) is 18.0 Å². The van der Waals surface area contributed by atoms with Gasteiger partial charge in [-0.05, 0) is 31.6 Å². The number of benzene rings is 1. The lowest BCUT2D eigenvalue weighted by atomic mass is 10.1. The quantitative estimate of drug-likeness (QED) is 0.254. The fourth-order valence-electron chi connectivity index (χ4n) is 1.52. The molecule has 0 aliphatic heterocycles. The zero-order valence-electron chi connectivity index (χ0n) is 11.4. The van der Waals surface area contributed by atoms with Crippen LogP contribution in [0.3, 0.4) is 0 Å². The van der Waals surface area contributed by atoms with Crippen LogP contribution in [0.25, 0.3) is 6.08 Å². The Labute approximate surface area is 120 Å². The number of esters is 1. The van der Waals surface area contributed by atoms with Gasteiger partial charge in [0.15, 0.2) is 0 Å². The van der Waals surface area contributed by atoms with Gasteiger partial charge in [-0.15, -0.1) is 0 Å². The lowest BCUT2D eigenvalue weighted by Gasteiger charge is -2.00. The predicted molar refractivity (Wildman–Crippen MR) is 73.0 cm³/mol. The van der Waals surface area contributed by atoms with Crippen molar-refractivity contribution in [3.63, 3.8) is 0 Å². The number of rotatable bonds is 7. The molecule has 0 spiro atoms. The van der Waals surface area contributed by atoms with Crippen molar-refractivity contribution in [2.45, 2.75) is 19.8 Å². The van der Waals surface area contributed by atoms with Gasteiger partial charge in [-0.3, -0.25) is 10.1 Å². The molecule has 0 N–H and O–H groups in total. The number of halogens is 1. The average Bonchev–Trinajstić information content (AvgIpc) is 2.41. The Balaban J connectivity index is 2.62. The molecule has 0 saturated heterocycles. The summed E-state index contributed by atoms with van der Waals surface area (Å²) in [5.41, 5.74) is -0.335.